The number of piperidine rings is 1. The number of nitrogens with one attached hydrogen (secondary N) is 2. The fourth-order valence-electron chi connectivity index (χ4n) is 3.48. The van der Waals surface area contributed by atoms with Gasteiger partial charge in [0.2, 0.25) is 10.0 Å². The number of methoxy groups -OCH3 is 2. The zero-order chi connectivity index (χ0) is 19.3. The second-order valence-electron chi connectivity index (χ2n) is 6.82. The third-order valence-corrected chi connectivity index (χ3v) is 6.51. The van der Waals surface area contributed by atoms with Crippen LogP contribution in [0.2, 0.25) is 0 Å². The first kappa shape index (κ1) is 19.7. The Kier molecular flexibility index (Phi) is 6.36. The van der Waals surface area contributed by atoms with Gasteiger partial charge in [-0.1, -0.05) is 30.3 Å². The van der Waals surface area contributed by atoms with Crippen molar-refractivity contribution < 1.29 is 22.8 Å². The van der Waals surface area contributed by atoms with Crippen LogP contribution >= 0.6 is 0 Å². The minimum atomic E-state index is -3.68. The van der Waals surface area contributed by atoms with Crippen molar-refractivity contribution in [3.05, 3.63) is 54.1 Å². The second-order valence-corrected chi connectivity index (χ2v) is 8.51. The van der Waals surface area contributed by atoms with Crippen LogP contribution in [0.1, 0.15) is 18.4 Å². The van der Waals surface area contributed by atoms with E-state index in [-0.39, 0.29) is 10.9 Å². The molecule has 0 aromatic heterocycles. The second kappa shape index (κ2) is 8.73. The smallest absolute Gasteiger partial charge is 0.244 e. The lowest BCUT2D eigenvalue weighted by Gasteiger charge is -2.29. The Bertz CT molecular complexity index is 848. The van der Waals surface area contributed by atoms with Crippen LogP contribution in [-0.2, 0) is 16.6 Å². The van der Waals surface area contributed by atoms with Crippen LogP contribution in [0.4, 0.5) is 0 Å². The average Bonchev–Trinajstić information content (AvgIpc) is 2.69. The number of hydrogen-bond donors (Lipinski definition) is 2. The first-order chi connectivity index (χ1) is 13.0. The average molecular weight is 392 g/mol. The maximum Gasteiger partial charge on any atom is 0.244 e. The van der Waals surface area contributed by atoms with E-state index in [0.717, 1.165) is 32.5 Å². The first-order valence-electron chi connectivity index (χ1n) is 9.13. The van der Waals surface area contributed by atoms with Gasteiger partial charge in [0.15, 0.2) is 0 Å². The highest BCUT2D eigenvalue weighted by Gasteiger charge is 2.28. The number of hydrogen-bond acceptors (Lipinski definition) is 4. The van der Waals surface area contributed by atoms with Crippen LogP contribution in [0.25, 0.3) is 0 Å². The van der Waals surface area contributed by atoms with Gasteiger partial charge < -0.3 is 14.4 Å². The standard InChI is InChI=1S/C20H26N2O4S/c1-25-18-8-9-19(26-2)20(14-18)27(23,24)21-17-10-12-22(13-11-17)15-16-6-4-3-5-7-16/h3-9,14,17,21H,10-13,15H2,1-2H3/p+1. The molecule has 0 unspecified atom stereocenters. The molecule has 1 fully saturated rings. The van der Waals surface area contributed by atoms with Crippen LogP contribution in [0.3, 0.4) is 0 Å². The molecule has 0 atom stereocenters. The lowest BCUT2D eigenvalue weighted by molar-refractivity contribution is -0.918. The molecule has 27 heavy (non-hydrogen) atoms. The molecule has 3 rings (SSSR count). The molecule has 0 bridgehead atoms. The molecule has 1 heterocycles. The number of benzene rings is 2. The summed E-state index contributed by atoms with van der Waals surface area (Å²) in [6.07, 6.45) is 1.63. The van der Waals surface area contributed by atoms with E-state index < -0.39 is 10.0 Å². The van der Waals surface area contributed by atoms with Gasteiger partial charge in [0.05, 0.1) is 27.3 Å². The van der Waals surface area contributed by atoms with E-state index in [4.69, 9.17) is 9.47 Å². The largest absolute Gasteiger partial charge is 0.497 e. The molecule has 0 aliphatic carbocycles. The zero-order valence-electron chi connectivity index (χ0n) is 15.8. The van der Waals surface area contributed by atoms with E-state index in [2.05, 4.69) is 29.0 Å². The van der Waals surface area contributed by atoms with Gasteiger partial charge in [0.25, 0.3) is 0 Å². The van der Waals surface area contributed by atoms with Crippen LogP contribution < -0.4 is 19.1 Å². The lowest BCUT2D eigenvalue weighted by atomic mass is 10.1. The fraction of sp³-hybridized carbons (Fsp3) is 0.400. The van der Waals surface area contributed by atoms with Gasteiger partial charge in [-0.15, -0.1) is 0 Å². The SMILES string of the molecule is COc1ccc(OC)c(S(=O)(=O)NC2CC[NH+](Cc3ccccc3)CC2)c1. The molecule has 1 saturated heterocycles. The van der Waals surface area contributed by atoms with E-state index in [1.165, 1.54) is 30.7 Å². The molecule has 2 N–H and O–H groups in total. The van der Waals surface area contributed by atoms with Crippen molar-refractivity contribution in [3.63, 3.8) is 0 Å². The fourth-order valence-corrected chi connectivity index (χ4v) is 4.97. The summed E-state index contributed by atoms with van der Waals surface area (Å²) in [5, 5.41) is 0. The molecule has 0 radical (unpaired) electrons. The molecule has 2 aromatic rings. The number of rotatable bonds is 7. The summed E-state index contributed by atoms with van der Waals surface area (Å²) in [6, 6.07) is 15.1. The molecule has 0 amide bonds. The number of ether oxygens (including phenoxy) is 2. The molecule has 2 aromatic carbocycles. The quantitative estimate of drug-likeness (QED) is 0.745. The Balaban J connectivity index is 1.63. The minimum absolute atomic E-state index is 0.0644. The number of quaternary nitrogens is 1. The van der Waals surface area contributed by atoms with Crippen LogP contribution in [0.5, 0.6) is 11.5 Å². The van der Waals surface area contributed by atoms with Crippen molar-refractivity contribution in [1.29, 1.82) is 0 Å². The van der Waals surface area contributed by atoms with E-state index >= 15 is 0 Å². The molecule has 0 saturated carbocycles. The van der Waals surface area contributed by atoms with E-state index in [0.29, 0.717) is 11.5 Å². The van der Waals surface area contributed by atoms with Gasteiger partial charge in [-0.2, -0.15) is 0 Å². The zero-order valence-corrected chi connectivity index (χ0v) is 16.6. The number of likely N-dealkylation sites (tertiary alicyclic amines) is 1. The predicted molar refractivity (Wildman–Crippen MR) is 104 cm³/mol. The van der Waals surface area contributed by atoms with Crippen LogP contribution in [0, 0.1) is 0 Å². The highest BCUT2D eigenvalue weighted by atomic mass is 32.2. The Morgan fingerprint density at radius 2 is 1.74 bits per heavy atom. The highest BCUT2D eigenvalue weighted by molar-refractivity contribution is 7.89. The summed E-state index contributed by atoms with van der Waals surface area (Å²) in [7, 11) is -0.701. The summed E-state index contributed by atoms with van der Waals surface area (Å²) in [5.74, 6) is 0.800. The Morgan fingerprint density at radius 3 is 2.37 bits per heavy atom. The first-order valence-corrected chi connectivity index (χ1v) is 10.6. The Labute approximate surface area is 161 Å². The maximum absolute atomic E-state index is 12.9. The maximum atomic E-state index is 12.9. The molecule has 1 aliphatic heterocycles. The van der Waals surface area contributed by atoms with Crippen LogP contribution in [0.15, 0.2) is 53.4 Å². The van der Waals surface area contributed by atoms with Crippen molar-refractivity contribution >= 4 is 10.0 Å². The van der Waals surface area contributed by atoms with Crippen LogP contribution in [-0.4, -0.2) is 41.8 Å². The monoisotopic (exact) mass is 391 g/mol. The molecule has 0 spiro atoms. The molecular formula is C20H27N2O4S+. The predicted octanol–water partition coefficient (Wildman–Crippen LogP) is 1.23. The lowest BCUT2D eigenvalue weighted by Crippen LogP contribution is -3.12. The summed E-state index contributed by atoms with van der Waals surface area (Å²) in [4.78, 5) is 1.60. The molecule has 1 aliphatic rings. The highest BCUT2D eigenvalue weighted by Crippen LogP contribution is 2.28. The van der Waals surface area contributed by atoms with Gasteiger partial charge in [-0.3, -0.25) is 0 Å². The van der Waals surface area contributed by atoms with Crippen molar-refractivity contribution in [1.82, 2.24) is 4.72 Å². The van der Waals surface area contributed by atoms with Gasteiger partial charge >= 0.3 is 0 Å². The summed E-state index contributed by atoms with van der Waals surface area (Å²) in [6.45, 7) is 2.86. The van der Waals surface area contributed by atoms with Gasteiger partial charge in [-0.05, 0) is 12.1 Å². The minimum Gasteiger partial charge on any atom is -0.497 e. The summed E-state index contributed by atoms with van der Waals surface area (Å²) < 4.78 is 39.0. The molecular weight excluding hydrogens is 364 g/mol. The van der Waals surface area contributed by atoms with E-state index in [1.807, 2.05) is 6.07 Å². The normalized spacial score (nSPS) is 20.2. The van der Waals surface area contributed by atoms with Crippen molar-refractivity contribution in [2.75, 3.05) is 27.3 Å². The van der Waals surface area contributed by atoms with Gasteiger partial charge in [-0.25, -0.2) is 13.1 Å². The van der Waals surface area contributed by atoms with E-state index in [1.54, 1.807) is 12.1 Å². The number of sulfonamides is 1. The Hall–Kier alpha value is -2.09. The third-order valence-electron chi connectivity index (χ3n) is 4.97. The molecule has 7 heteroatoms. The third kappa shape index (κ3) is 5.00. The molecule has 146 valence electrons. The topological polar surface area (TPSA) is 69.1 Å². The van der Waals surface area contributed by atoms with Crippen molar-refractivity contribution in [2.24, 2.45) is 0 Å². The summed E-state index contributed by atoms with van der Waals surface area (Å²) >= 11 is 0. The van der Waals surface area contributed by atoms with Gasteiger partial charge in [0.1, 0.15) is 22.9 Å². The van der Waals surface area contributed by atoms with Crippen molar-refractivity contribution in [3.8, 4) is 11.5 Å². The van der Waals surface area contributed by atoms with Crippen molar-refractivity contribution in [2.45, 2.75) is 30.3 Å². The molecule has 6 nitrogen and oxygen atoms in total. The van der Waals surface area contributed by atoms with Gasteiger partial charge in [0, 0.05) is 30.5 Å². The Morgan fingerprint density at radius 1 is 1.04 bits per heavy atom. The van der Waals surface area contributed by atoms with E-state index in [9.17, 15) is 8.42 Å². The summed E-state index contributed by atoms with van der Waals surface area (Å²) in [5.41, 5.74) is 1.31.